The number of hydrogen-bond acceptors (Lipinski definition) is 8. The zero-order valence-corrected chi connectivity index (χ0v) is 20.9. The van der Waals surface area contributed by atoms with Crippen LogP contribution in [-0.4, -0.2) is 45.5 Å². The Kier molecular flexibility index (Phi) is 6.42. The fourth-order valence-corrected chi connectivity index (χ4v) is 4.72. The Morgan fingerprint density at radius 1 is 1.11 bits per heavy atom. The molecule has 11 heteroatoms. The first-order chi connectivity index (χ1) is 18.5. The molecule has 1 fully saturated rings. The maximum absolute atomic E-state index is 14.3. The van der Waals surface area contributed by atoms with Crippen molar-refractivity contribution in [3.8, 4) is 28.5 Å². The van der Waals surface area contributed by atoms with Gasteiger partial charge in [0, 0.05) is 37.0 Å². The number of hydrogen-bond donors (Lipinski definition) is 3. The number of aliphatic imine (C=N–C) groups is 1. The molecule has 0 radical (unpaired) electrons. The van der Waals surface area contributed by atoms with Crippen LogP contribution in [0.5, 0.6) is 17.2 Å². The van der Waals surface area contributed by atoms with Gasteiger partial charge in [0.2, 0.25) is 0 Å². The molecule has 4 aromatic rings. The lowest BCUT2D eigenvalue weighted by molar-refractivity contribution is 0.0669. The number of imidazole rings is 1. The average molecular weight is 518 g/mol. The lowest BCUT2D eigenvalue weighted by atomic mass is 10.1. The molecule has 10 nitrogen and oxygen atoms in total. The van der Waals surface area contributed by atoms with E-state index in [4.69, 9.17) is 25.0 Å². The SMILES string of the molecule is Cc1ncc(COc2cc(F)cc(Oc3ccc(-c4nn(C5CCOCC5)c5c4C(N)=NCN5)cc3)c2)[nH]1. The van der Waals surface area contributed by atoms with E-state index in [-0.39, 0.29) is 12.6 Å². The second kappa shape index (κ2) is 10.2. The highest BCUT2D eigenvalue weighted by atomic mass is 19.1. The van der Waals surface area contributed by atoms with Gasteiger partial charge in [0.25, 0.3) is 0 Å². The summed E-state index contributed by atoms with van der Waals surface area (Å²) in [5, 5.41) is 8.28. The molecule has 1 saturated heterocycles. The van der Waals surface area contributed by atoms with Gasteiger partial charge in [-0.2, -0.15) is 5.10 Å². The van der Waals surface area contributed by atoms with Gasteiger partial charge in [0.05, 0.1) is 23.5 Å². The summed E-state index contributed by atoms with van der Waals surface area (Å²) in [6.07, 6.45) is 3.47. The number of nitrogens with zero attached hydrogens (tertiary/aromatic N) is 4. The van der Waals surface area contributed by atoms with Gasteiger partial charge in [-0.3, -0.25) is 0 Å². The number of aromatic nitrogens is 4. The van der Waals surface area contributed by atoms with E-state index in [9.17, 15) is 4.39 Å². The number of nitrogens with two attached hydrogens (primary N) is 1. The van der Waals surface area contributed by atoms with E-state index in [1.165, 1.54) is 12.1 Å². The molecule has 0 amide bonds. The number of amidine groups is 1. The Hall–Kier alpha value is -4.38. The van der Waals surface area contributed by atoms with Crippen LogP contribution in [0.2, 0.25) is 0 Å². The third-order valence-electron chi connectivity index (χ3n) is 6.56. The number of nitrogens with one attached hydrogen (secondary N) is 2. The fraction of sp³-hybridized carbons (Fsp3) is 0.296. The summed E-state index contributed by atoms with van der Waals surface area (Å²) >= 11 is 0. The summed E-state index contributed by atoms with van der Waals surface area (Å²) in [6.45, 7) is 3.93. The van der Waals surface area contributed by atoms with Crippen LogP contribution >= 0.6 is 0 Å². The number of rotatable bonds is 7. The Bertz CT molecular complexity index is 1470. The monoisotopic (exact) mass is 517 g/mol. The highest BCUT2D eigenvalue weighted by molar-refractivity contribution is 6.08. The first-order valence-corrected chi connectivity index (χ1v) is 12.5. The van der Waals surface area contributed by atoms with E-state index in [1.807, 2.05) is 35.9 Å². The standard InChI is InChI=1S/C27H28FN7O3/c1-16-30-13-19(33-16)14-37-22-10-18(28)11-23(12-22)38-21-4-2-17(3-5-21)25-24-26(29)31-15-32-27(24)35(34-25)20-6-8-36-9-7-20/h2-5,10-13,20,32H,6-9,14-15H2,1H3,(H2,29,31)(H,30,33). The molecule has 38 heavy (non-hydrogen) atoms. The van der Waals surface area contributed by atoms with Crippen molar-refractivity contribution in [3.05, 3.63) is 71.6 Å². The Labute approximate surface area is 218 Å². The van der Waals surface area contributed by atoms with Crippen molar-refractivity contribution in [3.63, 3.8) is 0 Å². The number of H-pyrrole nitrogens is 1. The second-order valence-electron chi connectivity index (χ2n) is 9.27. The smallest absolute Gasteiger partial charge is 0.137 e. The van der Waals surface area contributed by atoms with Crippen molar-refractivity contribution in [1.82, 2.24) is 19.7 Å². The van der Waals surface area contributed by atoms with Crippen molar-refractivity contribution in [1.29, 1.82) is 0 Å². The molecule has 6 rings (SSSR count). The lowest BCUT2D eigenvalue weighted by Crippen LogP contribution is -2.26. The molecule has 0 unspecified atom stereocenters. The summed E-state index contributed by atoms with van der Waals surface area (Å²) in [6, 6.07) is 12.0. The Morgan fingerprint density at radius 3 is 2.66 bits per heavy atom. The van der Waals surface area contributed by atoms with Gasteiger partial charge >= 0.3 is 0 Å². The highest BCUT2D eigenvalue weighted by Crippen LogP contribution is 2.36. The van der Waals surface area contributed by atoms with Crippen molar-refractivity contribution in [2.24, 2.45) is 10.7 Å². The van der Waals surface area contributed by atoms with Crippen molar-refractivity contribution in [2.45, 2.75) is 32.4 Å². The molecule has 0 saturated carbocycles. The third kappa shape index (κ3) is 4.92. The van der Waals surface area contributed by atoms with Gasteiger partial charge < -0.3 is 30.2 Å². The molecule has 4 heterocycles. The number of aryl methyl sites for hydroxylation is 1. The molecule has 2 aromatic heterocycles. The molecule has 0 bridgehead atoms. The number of fused-ring (bicyclic) bond motifs is 1. The predicted molar refractivity (Wildman–Crippen MR) is 140 cm³/mol. The molecule has 2 aromatic carbocycles. The minimum absolute atomic E-state index is 0.230. The van der Waals surface area contributed by atoms with Crippen molar-refractivity contribution >= 4 is 11.7 Å². The number of halogens is 1. The molecular formula is C27H28FN7O3. The van der Waals surface area contributed by atoms with Gasteiger partial charge in [-0.25, -0.2) is 19.0 Å². The summed E-state index contributed by atoms with van der Waals surface area (Å²) in [5.74, 6) is 2.92. The lowest BCUT2D eigenvalue weighted by Gasteiger charge is -2.25. The van der Waals surface area contributed by atoms with Crippen LogP contribution in [-0.2, 0) is 11.3 Å². The van der Waals surface area contributed by atoms with Crippen molar-refractivity contribution in [2.75, 3.05) is 25.2 Å². The van der Waals surface area contributed by atoms with Crippen LogP contribution < -0.4 is 20.5 Å². The summed E-state index contributed by atoms with van der Waals surface area (Å²) in [7, 11) is 0. The normalized spacial score (nSPS) is 15.5. The summed E-state index contributed by atoms with van der Waals surface area (Å²) in [5.41, 5.74) is 9.53. The number of ether oxygens (including phenoxy) is 3. The van der Waals surface area contributed by atoms with Gasteiger partial charge in [0.15, 0.2) is 0 Å². The summed E-state index contributed by atoms with van der Waals surface area (Å²) in [4.78, 5) is 11.6. The quantitative estimate of drug-likeness (QED) is 0.329. The zero-order chi connectivity index (χ0) is 26.1. The fourth-order valence-electron chi connectivity index (χ4n) is 4.72. The predicted octanol–water partition coefficient (Wildman–Crippen LogP) is 4.53. The molecular weight excluding hydrogens is 489 g/mol. The molecule has 2 aliphatic rings. The molecule has 0 atom stereocenters. The third-order valence-corrected chi connectivity index (χ3v) is 6.56. The molecule has 4 N–H and O–H groups in total. The molecule has 0 aliphatic carbocycles. The number of benzene rings is 2. The van der Waals surface area contributed by atoms with Gasteiger partial charge in [0.1, 0.15) is 59.5 Å². The van der Waals surface area contributed by atoms with Crippen LogP contribution in [0.1, 0.15) is 36.0 Å². The maximum Gasteiger partial charge on any atom is 0.137 e. The first kappa shape index (κ1) is 24.0. The maximum atomic E-state index is 14.3. The zero-order valence-electron chi connectivity index (χ0n) is 20.9. The van der Waals surface area contributed by atoms with Crippen LogP contribution in [0.15, 0.2) is 53.7 Å². The Morgan fingerprint density at radius 2 is 1.89 bits per heavy atom. The van der Waals surface area contributed by atoms with Gasteiger partial charge in [-0.05, 0) is 44.0 Å². The van der Waals surface area contributed by atoms with E-state index < -0.39 is 5.82 Å². The van der Waals surface area contributed by atoms with E-state index >= 15 is 0 Å². The van der Waals surface area contributed by atoms with E-state index in [2.05, 4.69) is 20.3 Å². The van der Waals surface area contributed by atoms with Crippen LogP contribution in [0.4, 0.5) is 10.2 Å². The molecule has 196 valence electrons. The van der Waals surface area contributed by atoms with Crippen LogP contribution in [0.25, 0.3) is 11.3 Å². The molecule has 0 spiro atoms. The first-order valence-electron chi connectivity index (χ1n) is 12.5. The second-order valence-corrected chi connectivity index (χ2v) is 9.27. The minimum Gasteiger partial charge on any atom is -0.487 e. The number of aromatic amines is 1. The van der Waals surface area contributed by atoms with Crippen LogP contribution in [0.3, 0.4) is 0 Å². The number of anilines is 1. The average Bonchev–Trinajstić information content (AvgIpc) is 3.52. The van der Waals surface area contributed by atoms with E-state index in [1.54, 1.807) is 12.3 Å². The van der Waals surface area contributed by atoms with Gasteiger partial charge in [-0.15, -0.1) is 0 Å². The van der Waals surface area contributed by atoms with E-state index in [0.717, 1.165) is 47.0 Å². The van der Waals surface area contributed by atoms with E-state index in [0.29, 0.717) is 43.0 Å². The Balaban J connectivity index is 1.22. The van der Waals surface area contributed by atoms with Crippen LogP contribution in [0, 0.1) is 12.7 Å². The molecule has 2 aliphatic heterocycles. The largest absolute Gasteiger partial charge is 0.487 e. The van der Waals surface area contributed by atoms with Gasteiger partial charge in [-0.1, -0.05) is 0 Å². The topological polar surface area (TPSA) is 125 Å². The van der Waals surface area contributed by atoms with Crippen molar-refractivity contribution < 1.29 is 18.6 Å². The summed E-state index contributed by atoms with van der Waals surface area (Å²) < 4.78 is 33.5. The minimum atomic E-state index is -0.456. The highest BCUT2D eigenvalue weighted by Gasteiger charge is 2.28.